The van der Waals surface area contributed by atoms with E-state index in [1.807, 2.05) is 18.2 Å². The summed E-state index contributed by atoms with van der Waals surface area (Å²) in [5, 5.41) is 1.04. The summed E-state index contributed by atoms with van der Waals surface area (Å²) in [7, 11) is 0. The lowest BCUT2D eigenvalue weighted by molar-refractivity contribution is 0.893. The molecule has 0 spiro atoms. The zero-order valence-electron chi connectivity index (χ0n) is 8.29. The maximum Gasteiger partial charge on any atom is 0.166 e. The minimum atomic E-state index is 0. The van der Waals surface area contributed by atoms with Gasteiger partial charge in [-0.1, -0.05) is 37.2 Å². The summed E-state index contributed by atoms with van der Waals surface area (Å²) in [6.45, 7) is 2.21. The second kappa shape index (κ2) is 4.51. The van der Waals surface area contributed by atoms with Crippen molar-refractivity contribution in [2.24, 2.45) is 0 Å². The van der Waals surface area contributed by atoms with Gasteiger partial charge in [-0.15, -0.1) is 0 Å². The molecule has 0 aliphatic rings. The number of nitrogens with zero attached hydrogens (tertiary/aromatic N) is 1. The van der Waals surface area contributed by atoms with Crippen molar-refractivity contribution >= 4 is 22.8 Å². The molecule has 0 radical (unpaired) electrons. The van der Waals surface area contributed by atoms with Gasteiger partial charge in [0.05, 0.1) is 11.0 Å². The monoisotopic (exact) mass is 208 g/mol. The summed E-state index contributed by atoms with van der Waals surface area (Å²) in [5.41, 5.74) is 2.19. The lowest BCUT2D eigenvalue weighted by Gasteiger charge is -1.93. The Bertz CT molecular complexity index is 381. The lowest BCUT2D eigenvalue weighted by atomic mass is 10.3. The molecule has 0 amide bonds. The molecule has 14 heavy (non-hydrogen) atoms. The van der Waals surface area contributed by atoms with Crippen LogP contribution in [0.2, 0.25) is 0 Å². The van der Waals surface area contributed by atoms with Gasteiger partial charge in [0, 0.05) is 7.18 Å². The summed E-state index contributed by atoms with van der Waals surface area (Å²) in [5.74, 6) is 1.15. The number of aromatic nitrogens is 2. The fourth-order valence-electron chi connectivity index (χ4n) is 1.31. The number of para-hydroxylation sites is 2. The Morgan fingerprint density at radius 3 is 3.07 bits per heavy atom. The van der Waals surface area contributed by atoms with E-state index < -0.39 is 0 Å². The van der Waals surface area contributed by atoms with Gasteiger partial charge in [-0.3, -0.25) is 0 Å². The number of aromatic amines is 1. The van der Waals surface area contributed by atoms with E-state index in [0.29, 0.717) is 0 Å². The molecular weight excluding hydrogens is 192 g/mol. The van der Waals surface area contributed by atoms with E-state index in [1.54, 1.807) is 11.8 Å². The molecule has 0 aliphatic heterocycles. The van der Waals surface area contributed by atoms with Crippen LogP contribution in [0.1, 0.15) is 21.2 Å². The smallest absolute Gasteiger partial charge is 0.166 e. The fraction of sp³-hybridized carbons (Fsp3) is 0.364. The predicted molar refractivity (Wildman–Crippen MR) is 63.8 cm³/mol. The van der Waals surface area contributed by atoms with Crippen LogP contribution in [0.3, 0.4) is 0 Å². The average Bonchev–Trinajstić information content (AvgIpc) is 2.60. The van der Waals surface area contributed by atoms with Crippen molar-refractivity contribution in [3.8, 4) is 0 Å². The van der Waals surface area contributed by atoms with Crippen LogP contribution in [0.15, 0.2) is 29.4 Å². The highest BCUT2D eigenvalue weighted by atomic mass is 32.2. The van der Waals surface area contributed by atoms with Gasteiger partial charge in [0.15, 0.2) is 5.16 Å². The number of fused-ring (bicyclic) bond motifs is 1. The second-order valence-corrected chi connectivity index (χ2v) is 4.34. The first-order chi connectivity index (χ1) is 6.90. The van der Waals surface area contributed by atoms with Gasteiger partial charge in [-0.2, -0.15) is 0 Å². The topological polar surface area (TPSA) is 28.7 Å². The summed E-state index contributed by atoms with van der Waals surface area (Å²) >= 11 is 1.80. The third kappa shape index (κ3) is 2.10. The molecule has 0 saturated heterocycles. The molecule has 3 heteroatoms. The van der Waals surface area contributed by atoms with Crippen LogP contribution in [0.4, 0.5) is 0 Å². The Hall–Kier alpha value is -0.960. The summed E-state index contributed by atoms with van der Waals surface area (Å²) in [6, 6.07) is 8.15. The summed E-state index contributed by atoms with van der Waals surface area (Å²) in [6.07, 6.45) is 2.49. The number of unbranched alkanes of at least 4 members (excludes halogenated alkanes) is 1. The van der Waals surface area contributed by atoms with Gasteiger partial charge in [-0.05, 0) is 18.6 Å². The third-order valence-electron chi connectivity index (χ3n) is 2.10. The van der Waals surface area contributed by atoms with Crippen LogP contribution in [-0.4, -0.2) is 15.7 Å². The van der Waals surface area contributed by atoms with Gasteiger partial charge in [0.2, 0.25) is 0 Å². The van der Waals surface area contributed by atoms with Gasteiger partial charge >= 0.3 is 0 Å². The van der Waals surface area contributed by atoms with E-state index in [2.05, 4.69) is 23.0 Å². The lowest BCUT2D eigenvalue weighted by Crippen LogP contribution is -1.79. The molecule has 1 aromatic carbocycles. The van der Waals surface area contributed by atoms with Gasteiger partial charge in [-0.25, -0.2) is 4.98 Å². The van der Waals surface area contributed by atoms with E-state index in [4.69, 9.17) is 0 Å². The van der Waals surface area contributed by atoms with Crippen LogP contribution >= 0.6 is 11.8 Å². The number of nitrogens with one attached hydrogen (secondary N) is 1. The zero-order chi connectivity index (χ0) is 9.80. The van der Waals surface area contributed by atoms with Crippen molar-refractivity contribution in [2.45, 2.75) is 24.9 Å². The third-order valence-corrected chi connectivity index (χ3v) is 3.06. The number of hydrogen-bond donors (Lipinski definition) is 1. The molecule has 0 atom stereocenters. The molecule has 1 N–H and O–H groups in total. The van der Waals surface area contributed by atoms with Crippen LogP contribution in [0, 0.1) is 0 Å². The Kier molecular flexibility index (Phi) is 3.09. The van der Waals surface area contributed by atoms with Crippen molar-refractivity contribution in [3.05, 3.63) is 24.3 Å². The largest absolute Gasteiger partial charge is 0.333 e. The average molecular weight is 208 g/mol. The molecular formula is C11H16N2S. The van der Waals surface area contributed by atoms with Gasteiger partial charge in [0.1, 0.15) is 0 Å². The van der Waals surface area contributed by atoms with Crippen LogP contribution in [-0.2, 0) is 0 Å². The maximum absolute atomic E-state index is 4.49. The highest BCUT2D eigenvalue weighted by Crippen LogP contribution is 2.19. The molecule has 1 aromatic heterocycles. The van der Waals surface area contributed by atoms with Crippen LogP contribution in [0.5, 0.6) is 0 Å². The van der Waals surface area contributed by atoms with Crippen molar-refractivity contribution in [1.82, 2.24) is 9.97 Å². The molecule has 0 aliphatic carbocycles. The first-order valence-electron chi connectivity index (χ1n) is 4.97. The van der Waals surface area contributed by atoms with E-state index in [1.165, 1.54) is 12.8 Å². The number of rotatable bonds is 4. The number of imidazole rings is 1. The Morgan fingerprint density at radius 1 is 1.43 bits per heavy atom. The van der Waals surface area contributed by atoms with Crippen molar-refractivity contribution < 1.29 is 1.43 Å². The second-order valence-electron chi connectivity index (χ2n) is 3.26. The highest BCUT2D eigenvalue weighted by Gasteiger charge is 2.00. The fourth-order valence-corrected chi connectivity index (χ4v) is 2.28. The van der Waals surface area contributed by atoms with Crippen LogP contribution < -0.4 is 0 Å². The van der Waals surface area contributed by atoms with E-state index in [-0.39, 0.29) is 1.43 Å². The van der Waals surface area contributed by atoms with Gasteiger partial charge in [0.25, 0.3) is 0 Å². The standard InChI is InChI=1S/C11H14N2S.H2/c1-2-3-8-14-11-12-9-6-4-5-7-10(9)13-11;/h4-7H,2-3,8H2,1H3,(H,12,13);1H. The zero-order valence-corrected chi connectivity index (χ0v) is 9.10. The molecule has 0 fully saturated rings. The maximum atomic E-state index is 4.49. The Balaban J connectivity index is 0.00000112. The number of thioether (sulfide) groups is 1. The molecule has 76 valence electrons. The molecule has 0 bridgehead atoms. The normalized spacial score (nSPS) is 10.9. The highest BCUT2D eigenvalue weighted by molar-refractivity contribution is 7.99. The Labute approximate surface area is 89.6 Å². The van der Waals surface area contributed by atoms with Crippen LogP contribution in [0.25, 0.3) is 11.0 Å². The van der Waals surface area contributed by atoms with E-state index >= 15 is 0 Å². The molecule has 0 unspecified atom stereocenters. The van der Waals surface area contributed by atoms with Gasteiger partial charge < -0.3 is 4.98 Å². The predicted octanol–water partition coefficient (Wildman–Crippen LogP) is 3.70. The van der Waals surface area contributed by atoms with Crippen molar-refractivity contribution in [1.29, 1.82) is 0 Å². The molecule has 2 nitrogen and oxygen atoms in total. The number of benzene rings is 1. The summed E-state index contributed by atoms with van der Waals surface area (Å²) < 4.78 is 0. The quantitative estimate of drug-likeness (QED) is 0.613. The minimum absolute atomic E-state index is 0. The summed E-state index contributed by atoms with van der Waals surface area (Å²) in [4.78, 5) is 7.80. The molecule has 1 heterocycles. The van der Waals surface area contributed by atoms with Crippen molar-refractivity contribution in [3.63, 3.8) is 0 Å². The minimum Gasteiger partial charge on any atom is -0.333 e. The Morgan fingerprint density at radius 2 is 2.29 bits per heavy atom. The first kappa shape index (κ1) is 9.59. The van der Waals surface area contributed by atoms with Crippen molar-refractivity contribution in [2.75, 3.05) is 5.75 Å². The molecule has 2 aromatic rings. The van der Waals surface area contributed by atoms with E-state index in [0.717, 1.165) is 21.9 Å². The number of hydrogen-bond acceptors (Lipinski definition) is 2. The SMILES string of the molecule is CCCCSc1nc2ccccc2[nH]1.[HH]. The molecule has 2 rings (SSSR count). The first-order valence-corrected chi connectivity index (χ1v) is 5.96. The van der Waals surface area contributed by atoms with E-state index in [9.17, 15) is 0 Å². The molecule has 0 saturated carbocycles. The number of H-pyrrole nitrogens is 1.